The maximum atomic E-state index is 12.1. The Bertz CT molecular complexity index is 863. The molecule has 0 saturated carbocycles. The molecule has 140 valence electrons. The van der Waals surface area contributed by atoms with Crippen LogP contribution in [0.1, 0.15) is 19.4 Å². The summed E-state index contributed by atoms with van der Waals surface area (Å²) in [6, 6.07) is 13.6. The number of hydrogen-bond donors (Lipinski definition) is 2. The summed E-state index contributed by atoms with van der Waals surface area (Å²) in [6.45, 7) is 2.88. The molecule has 0 aliphatic heterocycles. The number of anilines is 2. The lowest BCUT2D eigenvalue weighted by Gasteiger charge is -2.12. The largest absolute Gasteiger partial charge is 0.449 e. The van der Waals surface area contributed by atoms with Crippen molar-refractivity contribution in [2.45, 2.75) is 20.0 Å². The number of carbonyl (C=O) groups is 3. The SMILES string of the molecule is CC(=O)Nc1ccc(NC(=O)[C@H](C)OC(=O)/C=C/c2ccccc2Cl)cc1. The van der Waals surface area contributed by atoms with E-state index in [2.05, 4.69) is 10.6 Å². The van der Waals surface area contributed by atoms with Gasteiger partial charge in [-0.1, -0.05) is 29.8 Å². The Morgan fingerprint density at radius 2 is 1.59 bits per heavy atom. The zero-order valence-electron chi connectivity index (χ0n) is 14.9. The first kappa shape index (κ1) is 20.2. The maximum Gasteiger partial charge on any atom is 0.331 e. The predicted octanol–water partition coefficient (Wildman–Crippen LogP) is 3.88. The lowest BCUT2D eigenvalue weighted by molar-refractivity contribution is -0.148. The Kier molecular flexibility index (Phi) is 7.14. The molecule has 2 rings (SSSR count). The molecular weight excluding hydrogens is 368 g/mol. The molecule has 0 aliphatic rings. The quantitative estimate of drug-likeness (QED) is 0.582. The summed E-state index contributed by atoms with van der Waals surface area (Å²) in [5.74, 6) is -1.31. The standard InChI is InChI=1S/C20H19ClN2O4/c1-13(27-19(25)12-7-15-5-3-4-6-18(15)21)20(26)23-17-10-8-16(9-11-17)22-14(2)24/h3-13H,1-2H3,(H,22,24)(H,23,26)/b12-7+/t13-/m0/s1. The van der Waals surface area contributed by atoms with Gasteiger partial charge in [0.1, 0.15) is 0 Å². The number of rotatable bonds is 6. The van der Waals surface area contributed by atoms with Crippen molar-refractivity contribution in [1.29, 1.82) is 0 Å². The van der Waals surface area contributed by atoms with E-state index < -0.39 is 18.0 Å². The zero-order chi connectivity index (χ0) is 19.8. The lowest BCUT2D eigenvalue weighted by atomic mass is 10.2. The van der Waals surface area contributed by atoms with Gasteiger partial charge in [-0.15, -0.1) is 0 Å². The average Bonchev–Trinajstić information content (AvgIpc) is 2.62. The van der Waals surface area contributed by atoms with E-state index in [1.54, 1.807) is 48.5 Å². The minimum atomic E-state index is -0.983. The molecule has 2 N–H and O–H groups in total. The van der Waals surface area contributed by atoms with Crippen LogP contribution in [0.4, 0.5) is 11.4 Å². The summed E-state index contributed by atoms with van der Waals surface area (Å²) in [6.07, 6.45) is 1.76. The van der Waals surface area contributed by atoms with Crippen molar-refractivity contribution in [3.63, 3.8) is 0 Å². The molecule has 0 spiro atoms. The van der Waals surface area contributed by atoms with E-state index >= 15 is 0 Å². The first-order chi connectivity index (χ1) is 12.8. The summed E-state index contributed by atoms with van der Waals surface area (Å²) in [4.78, 5) is 35.0. The van der Waals surface area contributed by atoms with Crippen LogP contribution in [0.5, 0.6) is 0 Å². The van der Waals surface area contributed by atoms with Crippen LogP contribution in [-0.4, -0.2) is 23.9 Å². The zero-order valence-corrected chi connectivity index (χ0v) is 15.6. The van der Waals surface area contributed by atoms with E-state index in [1.807, 2.05) is 0 Å². The molecule has 0 bridgehead atoms. The van der Waals surface area contributed by atoms with Crippen LogP contribution in [-0.2, 0) is 19.1 Å². The Morgan fingerprint density at radius 1 is 1.00 bits per heavy atom. The number of benzene rings is 2. The molecule has 0 radical (unpaired) electrons. The van der Waals surface area contributed by atoms with Gasteiger partial charge >= 0.3 is 5.97 Å². The van der Waals surface area contributed by atoms with Crippen molar-refractivity contribution in [2.24, 2.45) is 0 Å². The van der Waals surface area contributed by atoms with Crippen LogP contribution in [0.15, 0.2) is 54.6 Å². The number of nitrogens with one attached hydrogen (secondary N) is 2. The van der Waals surface area contributed by atoms with E-state index in [4.69, 9.17) is 16.3 Å². The lowest BCUT2D eigenvalue weighted by Crippen LogP contribution is -2.29. The fourth-order valence-electron chi connectivity index (χ4n) is 2.12. The van der Waals surface area contributed by atoms with Gasteiger partial charge in [-0.25, -0.2) is 4.79 Å². The highest BCUT2D eigenvalue weighted by Gasteiger charge is 2.16. The van der Waals surface area contributed by atoms with Crippen LogP contribution in [0.25, 0.3) is 6.08 Å². The summed E-state index contributed by atoms with van der Waals surface area (Å²) >= 11 is 6.00. The number of hydrogen-bond acceptors (Lipinski definition) is 4. The van der Waals surface area contributed by atoms with Gasteiger partial charge in [-0.3, -0.25) is 9.59 Å². The van der Waals surface area contributed by atoms with Crippen molar-refractivity contribution in [3.05, 3.63) is 65.2 Å². The average molecular weight is 387 g/mol. The maximum absolute atomic E-state index is 12.1. The van der Waals surface area contributed by atoms with Crippen LogP contribution < -0.4 is 10.6 Å². The molecule has 0 aliphatic carbocycles. The predicted molar refractivity (Wildman–Crippen MR) is 105 cm³/mol. The molecule has 0 heterocycles. The number of amides is 2. The second-order valence-electron chi connectivity index (χ2n) is 5.68. The van der Waals surface area contributed by atoms with Crippen molar-refractivity contribution >= 4 is 46.8 Å². The van der Waals surface area contributed by atoms with Crippen molar-refractivity contribution in [3.8, 4) is 0 Å². The van der Waals surface area contributed by atoms with Gasteiger partial charge < -0.3 is 15.4 Å². The van der Waals surface area contributed by atoms with E-state index in [9.17, 15) is 14.4 Å². The Labute approximate surface area is 162 Å². The van der Waals surface area contributed by atoms with Gasteiger partial charge in [0.25, 0.3) is 5.91 Å². The molecule has 27 heavy (non-hydrogen) atoms. The molecule has 7 heteroatoms. The third-order valence-electron chi connectivity index (χ3n) is 3.44. The van der Waals surface area contributed by atoms with E-state index in [0.29, 0.717) is 22.0 Å². The summed E-state index contributed by atoms with van der Waals surface area (Å²) < 4.78 is 5.08. The third-order valence-corrected chi connectivity index (χ3v) is 3.78. The normalized spacial score (nSPS) is 11.7. The highest BCUT2D eigenvalue weighted by atomic mass is 35.5. The van der Waals surface area contributed by atoms with E-state index in [0.717, 1.165) is 0 Å². The van der Waals surface area contributed by atoms with Crippen LogP contribution >= 0.6 is 11.6 Å². The second kappa shape index (κ2) is 9.54. The van der Waals surface area contributed by atoms with Crippen LogP contribution in [0, 0.1) is 0 Å². The van der Waals surface area contributed by atoms with Crippen molar-refractivity contribution in [2.75, 3.05) is 10.6 Å². The Morgan fingerprint density at radius 3 is 2.19 bits per heavy atom. The second-order valence-corrected chi connectivity index (χ2v) is 6.09. The molecule has 1 atom stereocenters. The van der Waals surface area contributed by atoms with E-state index in [-0.39, 0.29) is 5.91 Å². The van der Waals surface area contributed by atoms with E-state index in [1.165, 1.54) is 26.0 Å². The van der Waals surface area contributed by atoms with Gasteiger partial charge in [0, 0.05) is 29.4 Å². The third kappa shape index (κ3) is 6.60. The molecule has 0 aromatic heterocycles. The fourth-order valence-corrected chi connectivity index (χ4v) is 2.32. The molecular formula is C20H19ClN2O4. The molecule has 0 fully saturated rings. The summed E-state index contributed by atoms with van der Waals surface area (Å²) in [7, 11) is 0. The number of ether oxygens (including phenoxy) is 1. The van der Waals surface area contributed by atoms with Crippen molar-refractivity contribution < 1.29 is 19.1 Å². The number of halogens is 1. The summed E-state index contributed by atoms with van der Waals surface area (Å²) in [5.41, 5.74) is 1.81. The molecule has 2 aromatic rings. The monoisotopic (exact) mass is 386 g/mol. The number of carbonyl (C=O) groups excluding carboxylic acids is 3. The Balaban J connectivity index is 1.88. The van der Waals surface area contributed by atoms with Gasteiger partial charge in [0.2, 0.25) is 5.91 Å². The van der Waals surface area contributed by atoms with Gasteiger partial charge in [0.15, 0.2) is 6.10 Å². The Hall–Kier alpha value is -3.12. The molecule has 0 saturated heterocycles. The van der Waals surface area contributed by atoms with Gasteiger partial charge in [-0.05, 0) is 48.9 Å². The van der Waals surface area contributed by atoms with Crippen LogP contribution in [0.2, 0.25) is 5.02 Å². The number of esters is 1. The molecule has 6 nitrogen and oxygen atoms in total. The molecule has 2 aromatic carbocycles. The minimum absolute atomic E-state index is 0.183. The smallest absolute Gasteiger partial charge is 0.331 e. The first-order valence-electron chi connectivity index (χ1n) is 8.17. The van der Waals surface area contributed by atoms with Crippen LogP contribution in [0.3, 0.4) is 0 Å². The molecule has 0 unspecified atom stereocenters. The minimum Gasteiger partial charge on any atom is -0.449 e. The first-order valence-corrected chi connectivity index (χ1v) is 8.54. The fraction of sp³-hybridized carbons (Fsp3) is 0.150. The highest BCUT2D eigenvalue weighted by molar-refractivity contribution is 6.32. The van der Waals surface area contributed by atoms with Gasteiger partial charge in [-0.2, -0.15) is 0 Å². The highest BCUT2D eigenvalue weighted by Crippen LogP contribution is 2.17. The van der Waals surface area contributed by atoms with Crippen molar-refractivity contribution in [1.82, 2.24) is 0 Å². The summed E-state index contributed by atoms with van der Waals surface area (Å²) in [5, 5.41) is 5.77. The van der Waals surface area contributed by atoms with Gasteiger partial charge in [0.05, 0.1) is 0 Å². The molecule has 2 amide bonds. The topological polar surface area (TPSA) is 84.5 Å².